The number of pyridine rings is 1. The van der Waals surface area contributed by atoms with Crippen LogP contribution in [0.15, 0.2) is 77.9 Å². The maximum absolute atomic E-state index is 13.1. The number of imidazole rings is 1. The number of nitrogens with zero attached hydrogens (tertiary/aromatic N) is 3. The van der Waals surface area contributed by atoms with Crippen molar-refractivity contribution in [1.29, 1.82) is 0 Å². The molecule has 0 radical (unpaired) electrons. The molecule has 0 aliphatic heterocycles. The van der Waals surface area contributed by atoms with Crippen LogP contribution in [0.4, 0.5) is 13.2 Å². The minimum atomic E-state index is -4.83. The topological polar surface area (TPSA) is 78.5 Å². The lowest BCUT2D eigenvalue weighted by Crippen LogP contribution is -2.24. The molecule has 0 aliphatic carbocycles. The van der Waals surface area contributed by atoms with Crippen LogP contribution in [0.3, 0.4) is 0 Å². The third-order valence-corrected chi connectivity index (χ3v) is 5.13. The molecule has 34 heavy (non-hydrogen) atoms. The summed E-state index contributed by atoms with van der Waals surface area (Å²) in [4.78, 5) is 17.2. The Labute approximate surface area is 192 Å². The first kappa shape index (κ1) is 23.0. The SMILES string of the molecule is Cc1c(O)n(-c2ccc(OC(F)(F)F)cc2)c(=O)n1Cc1ccncc1OCc1ccccc1. The molecule has 0 fully saturated rings. The van der Waals surface area contributed by atoms with Gasteiger partial charge in [0.25, 0.3) is 0 Å². The monoisotopic (exact) mass is 471 g/mol. The first-order chi connectivity index (χ1) is 16.2. The highest BCUT2D eigenvalue weighted by Gasteiger charge is 2.31. The summed E-state index contributed by atoms with van der Waals surface area (Å²) in [6.45, 7) is 1.97. The van der Waals surface area contributed by atoms with Gasteiger partial charge in [0.15, 0.2) is 0 Å². The fourth-order valence-corrected chi connectivity index (χ4v) is 3.43. The highest BCUT2D eigenvalue weighted by Crippen LogP contribution is 2.27. The molecule has 0 unspecified atom stereocenters. The van der Waals surface area contributed by atoms with Gasteiger partial charge in [-0.3, -0.25) is 9.55 Å². The molecule has 0 bridgehead atoms. The Morgan fingerprint density at radius 2 is 1.74 bits per heavy atom. The van der Waals surface area contributed by atoms with Crippen molar-refractivity contribution in [3.8, 4) is 23.1 Å². The Bertz CT molecular complexity index is 1330. The van der Waals surface area contributed by atoms with Crippen LogP contribution in [0, 0.1) is 6.92 Å². The van der Waals surface area contributed by atoms with Gasteiger partial charge in [0.05, 0.1) is 24.1 Å². The summed E-state index contributed by atoms with van der Waals surface area (Å²) in [5.74, 6) is -0.272. The number of alkyl halides is 3. The lowest BCUT2D eigenvalue weighted by Gasteiger charge is -2.12. The van der Waals surface area contributed by atoms with Gasteiger partial charge in [0.1, 0.15) is 18.1 Å². The Morgan fingerprint density at radius 3 is 2.41 bits per heavy atom. The maximum atomic E-state index is 13.1. The van der Waals surface area contributed by atoms with Crippen LogP contribution in [-0.2, 0) is 13.2 Å². The largest absolute Gasteiger partial charge is 0.573 e. The molecule has 2 aromatic heterocycles. The number of aromatic nitrogens is 3. The molecular weight excluding hydrogens is 451 g/mol. The molecular formula is C24H20F3N3O4. The molecule has 0 saturated heterocycles. The number of halogens is 3. The summed E-state index contributed by atoms with van der Waals surface area (Å²) in [5, 5.41) is 10.6. The van der Waals surface area contributed by atoms with Gasteiger partial charge in [0.2, 0.25) is 5.88 Å². The highest BCUT2D eigenvalue weighted by molar-refractivity contribution is 5.42. The summed E-state index contributed by atoms with van der Waals surface area (Å²) in [5.41, 5.74) is 1.54. The standard InChI is InChI=1S/C24H20F3N3O4/c1-16-22(31)30(19-7-9-20(10-8-19)34-24(25,26)27)23(32)29(16)14-18-11-12-28-13-21(18)33-15-17-5-3-2-4-6-17/h2-13,31H,14-15H2,1H3. The summed E-state index contributed by atoms with van der Waals surface area (Å²) >= 11 is 0. The van der Waals surface area contributed by atoms with Crippen molar-refractivity contribution in [3.63, 3.8) is 0 Å². The molecule has 0 atom stereocenters. The summed E-state index contributed by atoms with van der Waals surface area (Å²) in [6, 6.07) is 15.9. The molecule has 176 valence electrons. The Balaban J connectivity index is 1.60. The summed E-state index contributed by atoms with van der Waals surface area (Å²) in [6.07, 6.45) is -1.71. The predicted molar refractivity (Wildman–Crippen MR) is 117 cm³/mol. The molecule has 1 N–H and O–H groups in total. The van der Waals surface area contributed by atoms with Crippen LogP contribution in [0.25, 0.3) is 5.69 Å². The van der Waals surface area contributed by atoms with E-state index >= 15 is 0 Å². The second-order valence-electron chi connectivity index (χ2n) is 7.41. The van der Waals surface area contributed by atoms with Crippen molar-refractivity contribution >= 4 is 0 Å². The van der Waals surface area contributed by atoms with E-state index < -0.39 is 17.8 Å². The number of ether oxygens (including phenoxy) is 2. The number of benzene rings is 2. The molecule has 0 amide bonds. The summed E-state index contributed by atoms with van der Waals surface area (Å²) < 4.78 is 49.3. The van der Waals surface area contributed by atoms with Crippen molar-refractivity contribution in [1.82, 2.24) is 14.1 Å². The van der Waals surface area contributed by atoms with Gasteiger partial charge < -0.3 is 14.6 Å². The third kappa shape index (κ3) is 5.06. The zero-order valence-corrected chi connectivity index (χ0v) is 18.0. The first-order valence-electron chi connectivity index (χ1n) is 10.2. The van der Waals surface area contributed by atoms with E-state index in [1.54, 1.807) is 25.4 Å². The minimum absolute atomic E-state index is 0.0904. The van der Waals surface area contributed by atoms with E-state index in [9.17, 15) is 23.1 Å². The fraction of sp³-hybridized carbons (Fsp3) is 0.167. The van der Waals surface area contributed by atoms with Gasteiger partial charge in [-0.2, -0.15) is 0 Å². The van der Waals surface area contributed by atoms with Crippen LogP contribution in [-0.4, -0.2) is 25.6 Å². The quantitative estimate of drug-likeness (QED) is 0.427. The van der Waals surface area contributed by atoms with E-state index in [1.807, 2.05) is 30.3 Å². The highest BCUT2D eigenvalue weighted by atomic mass is 19.4. The van der Waals surface area contributed by atoms with Gasteiger partial charge in [-0.15, -0.1) is 13.2 Å². The fourth-order valence-electron chi connectivity index (χ4n) is 3.43. The van der Waals surface area contributed by atoms with E-state index in [0.717, 1.165) is 22.3 Å². The van der Waals surface area contributed by atoms with Crippen molar-refractivity contribution < 1.29 is 27.8 Å². The second-order valence-corrected chi connectivity index (χ2v) is 7.41. The lowest BCUT2D eigenvalue weighted by atomic mass is 10.2. The van der Waals surface area contributed by atoms with Crippen LogP contribution in [0.1, 0.15) is 16.8 Å². The van der Waals surface area contributed by atoms with Crippen LogP contribution < -0.4 is 15.2 Å². The maximum Gasteiger partial charge on any atom is 0.573 e. The Hall–Kier alpha value is -4.21. The average molecular weight is 471 g/mol. The smallest absolute Gasteiger partial charge is 0.493 e. The molecule has 0 spiro atoms. The van der Waals surface area contributed by atoms with E-state index in [2.05, 4.69) is 9.72 Å². The average Bonchev–Trinajstić information content (AvgIpc) is 3.02. The predicted octanol–water partition coefficient (Wildman–Crippen LogP) is 4.57. The van der Waals surface area contributed by atoms with Crippen molar-refractivity contribution in [3.05, 3.63) is 100 Å². The van der Waals surface area contributed by atoms with E-state index in [4.69, 9.17) is 4.74 Å². The van der Waals surface area contributed by atoms with Gasteiger partial charge in [-0.1, -0.05) is 30.3 Å². The number of hydrogen-bond donors (Lipinski definition) is 1. The molecule has 0 saturated carbocycles. The van der Waals surface area contributed by atoms with Gasteiger partial charge >= 0.3 is 12.1 Å². The number of rotatable bonds is 7. The minimum Gasteiger partial charge on any atom is -0.493 e. The zero-order chi connectivity index (χ0) is 24.3. The lowest BCUT2D eigenvalue weighted by molar-refractivity contribution is -0.274. The Morgan fingerprint density at radius 1 is 1.03 bits per heavy atom. The molecule has 4 aromatic rings. The van der Waals surface area contributed by atoms with E-state index in [0.29, 0.717) is 17.9 Å². The van der Waals surface area contributed by atoms with Crippen molar-refractivity contribution in [2.24, 2.45) is 0 Å². The van der Waals surface area contributed by atoms with Crippen molar-refractivity contribution in [2.45, 2.75) is 26.4 Å². The molecule has 2 aromatic carbocycles. The molecule has 4 rings (SSSR count). The van der Waals surface area contributed by atoms with Crippen LogP contribution in [0.5, 0.6) is 17.4 Å². The molecule has 2 heterocycles. The molecule has 7 nitrogen and oxygen atoms in total. The van der Waals surface area contributed by atoms with Gasteiger partial charge in [-0.25, -0.2) is 9.36 Å². The third-order valence-electron chi connectivity index (χ3n) is 5.13. The van der Waals surface area contributed by atoms with Gasteiger partial charge in [0, 0.05) is 11.8 Å². The Kier molecular flexibility index (Phi) is 6.31. The number of hydrogen-bond acceptors (Lipinski definition) is 5. The van der Waals surface area contributed by atoms with Gasteiger partial charge in [-0.05, 0) is 42.8 Å². The van der Waals surface area contributed by atoms with Crippen LogP contribution in [0.2, 0.25) is 0 Å². The van der Waals surface area contributed by atoms with Crippen LogP contribution >= 0.6 is 0 Å². The zero-order valence-electron chi connectivity index (χ0n) is 18.0. The second kappa shape index (κ2) is 9.34. The van der Waals surface area contributed by atoms with E-state index in [-0.39, 0.29) is 23.8 Å². The molecule has 0 aliphatic rings. The van der Waals surface area contributed by atoms with E-state index in [1.165, 1.54) is 16.7 Å². The number of aromatic hydroxyl groups is 1. The summed E-state index contributed by atoms with van der Waals surface area (Å²) in [7, 11) is 0. The first-order valence-corrected chi connectivity index (χ1v) is 10.2. The van der Waals surface area contributed by atoms with Crippen molar-refractivity contribution in [2.75, 3.05) is 0 Å². The molecule has 10 heteroatoms. The normalized spacial score (nSPS) is 11.4.